The lowest BCUT2D eigenvalue weighted by Crippen LogP contribution is -2.32. The maximum Gasteiger partial charge on any atom is 0.254 e. The van der Waals surface area contributed by atoms with Crippen LogP contribution in [0.15, 0.2) is 49.1 Å². The van der Waals surface area contributed by atoms with Crippen LogP contribution in [0.2, 0.25) is 0 Å². The molecule has 2 atom stereocenters. The van der Waals surface area contributed by atoms with Crippen LogP contribution in [0.3, 0.4) is 0 Å². The molecular weight excluding hydrogens is 320 g/mol. The molecule has 0 unspecified atom stereocenters. The molecule has 8 nitrogen and oxygen atoms in total. The van der Waals surface area contributed by atoms with E-state index < -0.39 is 0 Å². The Morgan fingerprint density at radius 3 is 2.80 bits per heavy atom. The van der Waals surface area contributed by atoms with Crippen LogP contribution in [0, 0.1) is 0 Å². The normalized spacial score (nSPS) is 20.1. The summed E-state index contributed by atoms with van der Waals surface area (Å²) >= 11 is 0. The zero-order valence-electron chi connectivity index (χ0n) is 13.7. The second-order valence-electron chi connectivity index (χ2n) is 5.93. The van der Waals surface area contributed by atoms with Crippen molar-refractivity contribution >= 4 is 5.91 Å². The minimum absolute atomic E-state index is 0.0117. The molecule has 1 aromatic carbocycles. The Morgan fingerprint density at radius 2 is 2.16 bits per heavy atom. The largest absolute Gasteiger partial charge is 0.380 e. The molecule has 0 radical (unpaired) electrons. The van der Waals surface area contributed by atoms with Crippen molar-refractivity contribution in [3.63, 3.8) is 0 Å². The first-order chi connectivity index (χ1) is 12.3. The second-order valence-corrected chi connectivity index (χ2v) is 5.93. The summed E-state index contributed by atoms with van der Waals surface area (Å²) in [6.45, 7) is 0.529. The fraction of sp³-hybridized carbons (Fsp3) is 0.294. The standard InChI is InChI=1S/C17H18N6O2/c1-25-14-9-15(16-18-11-19-21-16)22(10-14)17(24)12-3-5-13(6-4-12)23-8-2-7-20-23/h2-8,11,14-15H,9-10H2,1H3,(H,18,19,21)/t14-,15+/m1/s1. The van der Waals surface area contributed by atoms with Gasteiger partial charge in [-0.2, -0.15) is 10.2 Å². The third-order valence-corrected chi connectivity index (χ3v) is 4.49. The highest BCUT2D eigenvalue weighted by Crippen LogP contribution is 2.32. The van der Waals surface area contributed by atoms with Gasteiger partial charge in [-0.15, -0.1) is 0 Å². The Bertz CT molecular complexity index is 829. The summed E-state index contributed by atoms with van der Waals surface area (Å²) in [5.74, 6) is 0.633. The number of amides is 1. The SMILES string of the molecule is CO[C@@H]1C[C@@H](c2ncn[nH]2)N(C(=O)c2ccc(-n3cccn3)cc2)C1. The van der Waals surface area contributed by atoms with Crippen LogP contribution < -0.4 is 0 Å². The summed E-state index contributed by atoms with van der Waals surface area (Å²) in [4.78, 5) is 19.0. The molecule has 3 heterocycles. The lowest BCUT2D eigenvalue weighted by molar-refractivity contribution is 0.0684. The highest BCUT2D eigenvalue weighted by molar-refractivity contribution is 5.94. The number of carbonyl (C=O) groups excluding carboxylic acids is 1. The van der Waals surface area contributed by atoms with Gasteiger partial charge in [0.15, 0.2) is 0 Å². The topological polar surface area (TPSA) is 88.9 Å². The summed E-state index contributed by atoms with van der Waals surface area (Å²) in [7, 11) is 1.66. The number of hydrogen-bond donors (Lipinski definition) is 1. The molecule has 8 heteroatoms. The molecule has 0 saturated carbocycles. The summed E-state index contributed by atoms with van der Waals surface area (Å²) in [5.41, 5.74) is 1.53. The van der Waals surface area contributed by atoms with E-state index in [0.717, 1.165) is 5.69 Å². The number of benzene rings is 1. The van der Waals surface area contributed by atoms with Gasteiger partial charge >= 0.3 is 0 Å². The molecule has 1 amide bonds. The Morgan fingerprint density at radius 1 is 1.32 bits per heavy atom. The first-order valence-electron chi connectivity index (χ1n) is 8.05. The monoisotopic (exact) mass is 338 g/mol. The lowest BCUT2D eigenvalue weighted by Gasteiger charge is -2.22. The molecular formula is C17H18N6O2. The number of aromatic amines is 1. The molecule has 2 aromatic heterocycles. The van der Waals surface area contributed by atoms with E-state index in [4.69, 9.17) is 4.74 Å². The summed E-state index contributed by atoms with van der Waals surface area (Å²) < 4.78 is 7.21. The molecule has 3 aromatic rings. The lowest BCUT2D eigenvalue weighted by atomic mass is 10.1. The number of rotatable bonds is 4. The van der Waals surface area contributed by atoms with Gasteiger partial charge in [0.1, 0.15) is 12.2 Å². The van der Waals surface area contributed by atoms with Gasteiger partial charge in [0.25, 0.3) is 5.91 Å². The Labute approximate surface area is 144 Å². The molecule has 1 aliphatic heterocycles. The predicted octanol–water partition coefficient (Wildman–Crippen LogP) is 1.59. The van der Waals surface area contributed by atoms with Crippen molar-refractivity contribution in [2.75, 3.05) is 13.7 Å². The number of methoxy groups -OCH3 is 1. The Balaban J connectivity index is 1.58. The van der Waals surface area contributed by atoms with Gasteiger partial charge in [-0.05, 0) is 30.3 Å². The fourth-order valence-corrected chi connectivity index (χ4v) is 3.17. The summed E-state index contributed by atoms with van der Waals surface area (Å²) in [6.07, 6.45) is 5.72. The highest BCUT2D eigenvalue weighted by Gasteiger charge is 2.38. The number of H-pyrrole nitrogens is 1. The quantitative estimate of drug-likeness (QED) is 0.780. The van der Waals surface area contributed by atoms with Crippen molar-refractivity contribution in [2.45, 2.75) is 18.6 Å². The predicted molar refractivity (Wildman–Crippen MR) is 89.1 cm³/mol. The van der Waals surface area contributed by atoms with Gasteiger partial charge in [-0.3, -0.25) is 9.89 Å². The first kappa shape index (κ1) is 15.5. The van der Waals surface area contributed by atoms with Crippen molar-refractivity contribution in [1.29, 1.82) is 0 Å². The summed E-state index contributed by atoms with van der Waals surface area (Å²) in [6, 6.07) is 9.09. The van der Waals surface area contributed by atoms with E-state index in [9.17, 15) is 4.79 Å². The van der Waals surface area contributed by atoms with Crippen molar-refractivity contribution < 1.29 is 9.53 Å². The molecule has 0 spiro atoms. The molecule has 4 rings (SSSR count). The smallest absolute Gasteiger partial charge is 0.254 e. The van der Waals surface area contributed by atoms with Crippen molar-refractivity contribution in [3.05, 3.63) is 60.4 Å². The average molecular weight is 338 g/mol. The summed E-state index contributed by atoms with van der Waals surface area (Å²) in [5, 5.41) is 11.0. The second kappa shape index (κ2) is 6.48. The average Bonchev–Trinajstić information content (AvgIpc) is 3.42. The Kier molecular flexibility index (Phi) is 4.02. The minimum Gasteiger partial charge on any atom is -0.380 e. The number of carbonyl (C=O) groups is 1. The molecule has 1 aliphatic rings. The maximum atomic E-state index is 13.0. The van der Waals surface area contributed by atoms with Crippen LogP contribution in [0.4, 0.5) is 0 Å². The first-order valence-corrected chi connectivity index (χ1v) is 8.05. The molecule has 1 N–H and O–H groups in total. The number of nitrogens with zero attached hydrogens (tertiary/aromatic N) is 5. The molecule has 128 valence electrons. The van der Waals surface area contributed by atoms with E-state index in [0.29, 0.717) is 24.4 Å². The van der Waals surface area contributed by atoms with Crippen LogP contribution in [0.1, 0.15) is 28.6 Å². The van der Waals surface area contributed by atoms with Crippen LogP contribution in [0.5, 0.6) is 0 Å². The fourth-order valence-electron chi connectivity index (χ4n) is 3.17. The van der Waals surface area contributed by atoms with Gasteiger partial charge in [-0.25, -0.2) is 9.67 Å². The van der Waals surface area contributed by atoms with Gasteiger partial charge in [0.2, 0.25) is 0 Å². The Hall–Kier alpha value is -3.00. The zero-order valence-corrected chi connectivity index (χ0v) is 13.7. The van der Waals surface area contributed by atoms with Crippen molar-refractivity contribution in [3.8, 4) is 5.69 Å². The molecule has 0 aliphatic carbocycles. The van der Waals surface area contributed by atoms with E-state index >= 15 is 0 Å². The van der Waals surface area contributed by atoms with Crippen molar-refractivity contribution in [2.24, 2.45) is 0 Å². The third kappa shape index (κ3) is 2.91. The van der Waals surface area contributed by atoms with Gasteiger partial charge in [0, 0.05) is 38.0 Å². The van der Waals surface area contributed by atoms with E-state index in [1.165, 1.54) is 6.33 Å². The van der Waals surface area contributed by atoms with E-state index in [1.54, 1.807) is 22.9 Å². The number of hydrogen-bond acceptors (Lipinski definition) is 5. The molecule has 25 heavy (non-hydrogen) atoms. The number of nitrogens with one attached hydrogen (secondary N) is 1. The van der Waals surface area contributed by atoms with Crippen molar-refractivity contribution in [1.82, 2.24) is 29.9 Å². The zero-order chi connectivity index (χ0) is 17.2. The number of ether oxygens (including phenoxy) is 1. The number of aromatic nitrogens is 5. The minimum atomic E-state index is -0.161. The molecule has 0 bridgehead atoms. The van der Waals surface area contributed by atoms with E-state index in [2.05, 4.69) is 20.3 Å². The van der Waals surface area contributed by atoms with Gasteiger partial charge in [0.05, 0.1) is 17.8 Å². The van der Waals surface area contributed by atoms with Crippen LogP contribution in [-0.2, 0) is 4.74 Å². The molecule has 1 fully saturated rings. The molecule has 1 saturated heterocycles. The van der Waals surface area contributed by atoms with E-state index in [1.807, 2.05) is 36.5 Å². The highest BCUT2D eigenvalue weighted by atomic mass is 16.5. The van der Waals surface area contributed by atoms with Crippen LogP contribution >= 0.6 is 0 Å². The third-order valence-electron chi connectivity index (χ3n) is 4.49. The number of likely N-dealkylation sites (tertiary alicyclic amines) is 1. The van der Waals surface area contributed by atoms with Crippen LogP contribution in [0.25, 0.3) is 5.69 Å². The van der Waals surface area contributed by atoms with Crippen LogP contribution in [-0.4, -0.2) is 55.5 Å². The maximum absolute atomic E-state index is 13.0. The van der Waals surface area contributed by atoms with E-state index in [-0.39, 0.29) is 18.1 Å². The van der Waals surface area contributed by atoms with Gasteiger partial charge < -0.3 is 9.64 Å². The van der Waals surface area contributed by atoms with Gasteiger partial charge in [-0.1, -0.05) is 0 Å².